The molecule has 0 spiro atoms. The largest absolute Gasteiger partial charge is 0.493 e. The molecule has 25 heavy (non-hydrogen) atoms. The monoisotopic (exact) mass is 371 g/mol. The number of hydrogen-bond donors (Lipinski definition) is 1. The van der Waals surface area contributed by atoms with E-state index in [1.54, 1.807) is 10.8 Å². The van der Waals surface area contributed by atoms with Gasteiger partial charge < -0.3 is 9.84 Å². The van der Waals surface area contributed by atoms with Gasteiger partial charge in [0.2, 0.25) is 5.88 Å². The van der Waals surface area contributed by atoms with Crippen LogP contribution in [0, 0.1) is 3.95 Å². The molecule has 2 aliphatic rings. The van der Waals surface area contributed by atoms with Crippen LogP contribution in [0.1, 0.15) is 23.3 Å². The van der Waals surface area contributed by atoms with Crippen molar-refractivity contribution in [3.05, 3.63) is 50.3 Å². The molecule has 1 atom stereocenters. The Labute approximate surface area is 154 Å². The van der Waals surface area contributed by atoms with Crippen LogP contribution in [-0.4, -0.2) is 34.3 Å². The molecule has 3 heterocycles. The zero-order chi connectivity index (χ0) is 17.2. The molecular formula is C18H17N3O2S2. The standard InChI is InChI=1S/C18H17N3O2S2/c22-17-15(25-18(24)21(17)11-14-7-4-8-23-14)9-13-10-19-20-16(13)12-5-2-1-3-6-12/h1-3,5-6,9-10,14,22H,4,7-8,11H2/b13-9+/t14-/m0/s1. The van der Waals surface area contributed by atoms with Gasteiger partial charge in [-0.25, -0.2) is 0 Å². The zero-order valence-corrected chi connectivity index (χ0v) is 15.1. The number of hydrogen-bond acceptors (Lipinski definition) is 6. The van der Waals surface area contributed by atoms with Crippen LogP contribution < -0.4 is 0 Å². The van der Waals surface area contributed by atoms with Gasteiger partial charge in [-0.2, -0.15) is 5.10 Å². The lowest BCUT2D eigenvalue weighted by atomic mass is 10.0. The van der Waals surface area contributed by atoms with Crippen LogP contribution in [0.3, 0.4) is 0 Å². The Morgan fingerprint density at radius 3 is 2.96 bits per heavy atom. The first kappa shape index (κ1) is 16.4. The third-order valence-corrected chi connectivity index (χ3v) is 5.65. The highest BCUT2D eigenvalue weighted by Crippen LogP contribution is 2.31. The first-order valence-corrected chi connectivity index (χ1v) is 9.37. The minimum absolute atomic E-state index is 0.127. The molecule has 0 unspecified atom stereocenters. The van der Waals surface area contributed by atoms with Gasteiger partial charge in [0.25, 0.3) is 0 Å². The Morgan fingerprint density at radius 1 is 1.36 bits per heavy atom. The maximum atomic E-state index is 10.6. The van der Waals surface area contributed by atoms with Crippen LogP contribution in [0.4, 0.5) is 0 Å². The van der Waals surface area contributed by atoms with Crippen molar-refractivity contribution in [2.75, 3.05) is 6.61 Å². The first-order valence-electron chi connectivity index (χ1n) is 8.15. The van der Waals surface area contributed by atoms with Crippen molar-refractivity contribution in [3.8, 4) is 5.88 Å². The summed E-state index contributed by atoms with van der Waals surface area (Å²) in [6.45, 7) is 1.38. The molecule has 7 heteroatoms. The molecule has 5 nitrogen and oxygen atoms in total. The van der Waals surface area contributed by atoms with E-state index in [-0.39, 0.29) is 12.0 Å². The summed E-state index contributed by atoms with van der Waals surface area (Å²) in [4.78, 5) is 0.718. The minimum atomic E-state index is 0.127. The molecule has 1 N–H and O–H groups in total. The number of ether oxygens (including phenoxy) is 1. The van der Waals surface area contributed by atoms with Crippen molar-refractivity contribution in [2.24, 2.45) is 10.2 Å². The number of aromatic nitrogens is 1. The number of thiazole rings is 1. The summed E-state index contributed by atoms with van der Waals surface area (Å²) in [7, 11) is 0. The summed E-state index contributed by atoms with van der Waals surface area (Å²) in [6, 6.07) is 9.88. The Morgan fingerprint density at radius 2 is 2.20 bits per heavy atom. The average molecular weight is 371 g/mol. The van der Waals surface area contributed by atoms with E-state index in [0.717, 1.165) is 41.2 Å². The molecule has 1 saturated heterocycles. The molecular weight excluding hydrogens is 354 g/mol. The number of nitrogens with zero attached hydrogens (tertiary/aromatic N) is 3. The highest BCUT2D eigenvalue weighted by molar-refractivity contribution is 7.73. The van der Waals surface area contributed by atoms with Crippen LogP contribution >= 0.6 is 23.6 Å². The number of aromatic hydroxyl groups is 1. The molecule has 0 amide bonds. The maximum absolute atomic E-state index is 10.6. The van der Waals surface area contributed by atoms with E-state index in [2.05, 4.69) is 10.2 Å². The fourth-order valence-electron chi connectivity index (χ4n) is 3.00. The van der Waals surface area contributed by atoms with E-state index in [0.29, 0.717) is 10.5 Å². The van der Waals surface area contributed by atoms with Crippen molar-refractivity contribution in [2.45, 2.75) is 25.5 Å². The van der Waals surface area contributed by atoms with Crippen LogP contribution in [0.5, 0.6) is 5.88 Å². The Hall–Kier alpha value is -2.09. The van der Waals surface area contributed by atoms with Crippen molar-refractivity contribution in [3.63, 3.8) is 0 Å². The Kier molecular flexibility index (Phi) is 4.61. The van der Waals surface area contributed by atoms with Crippen molar-refractivity contribution >= 4 is 41.6 Å². The zero-order valence-electron chi connectivity index (χ0n) is 13.5. The lowest BCUT2D eigenvalue weighted by Crippen LogP contribution is -2.14. The molecule has 1 aromatic heterocycles. The van der Waals surface area contributed by atoms with Crippen molar-refractivity contribution < 1.29 is 9.84 Å². The number of allylic oxidation sites excluding steroid dienone is 1. The second kappa shape index (κ2) is 7.03. The van der Waals surface area contributed by atoms with Gasteiger partial charge in [0.1, 0.15) is 5.71 Å². The lowest BCUT2D eigenvalue weighted by Gasteiger charge is -2.11. The van der Waals surface area contributed by atoms with Gasteiger partial charge in [-0.1, -0.05) is 30.3 Å². The topological polar surface area (TPSA) is 59.1 Å². The number of rotatable bonds is 4. The van der Waals surface area contributed by atoms with Gasteiger partial charge in [-0.15, -0.1) is 16.4 Å². The lowest BCUT2D eigenvalue weighted by molar-refractivity contribution is 0.0948. The summed E-state index contributed by atoms with van der Waals surface area (Å²) in [5.41, 5.74) is 2.65. The molecule has 1 aromatic carbocycles. The smallest absolute Gasteiger partial charge is 0.210 e. The summed E-state index contributed by atoms with van der Waals surface area (Å²) in [6.07, 6.45) is 5.79. The second-order valence-electron chi connectivity index (χ2n) is 5.96. The SMILES string of the molecule is Oc1c(/C=C2\C=NN=C2c2ccccc2)sc(=S)n1C[C@@H]1CCCO1. The highest BCUT2D eigenvalue weighted by atomic mass is 32.1. The molecule has 1 fully saturated rings. The molecule has 2 aromatic rings. The molecule has 2 aliphatic heterocycles. The van der Waals surface area contributed by atoms with Gasteiger partial charge in [0, 0.05) is 17.7 Å². The third-order valence-electron chi connectivity index (χ3n) is 4.27. The van der Waals surface area contributed by atoms with E-state index in [1.807, 2.05) is 36.4 Å². The second-order valence-corrected chi connectivity index (χ2v) is 7.64. The predicted molar refractivity (Wildman–Crippen MR) is 103 cm³/mol. The molecule has 0 bridgehead atoms. The van der Waals surface area contributed by atoms with Crippen LogP contribution in [-0.2, 0) is 11.3 Å². The molecule has 128 valence electrons. The quantitative estimate of drug-likeness (QED) is 0.826. The van der Waals surface area contributed by atoms with E-state index in [9.17, 15) is 5.11 Å². The van der Waals surface area contributed by atoms with Gasteiger partial charge >= 0.3 is 0 Å². The van der Waals surface area contributed by atoms with E-state index in [4.69, 9.17) is 17.0 Å². The van der Waals surface area contributed by atoms with E-state index < -0.39 is 0 Å². The third kappa shape index (κ3) is 3.35. The van der Waals surface area contributed by atoms with Gasteiger partial charge in [0.05, 0.1) is 23.7 Å². The molecule has 0 saturated carbocycles. The van der Waals surface area contributed by atoms with Gasteiger partial charge in [0.15, 0.2) is 3.95 Å². The van der Waals surface area contributed by atoms with Gasteiger partial charge in [-0.05, 0) is 31.1 Å². The minimum Gasteiger partial charge on any atom is -0.493 e. The van der Waals surface area contributed by atoms with Crippen LogP contribution in [0.15, 0.2) is 46.1 Å². The normalized spacial score (nSPS) is 21.2. The van der Waals surface area contributed by atoms with Crippen molar-refractivity contribution in [1.29, 1.82) is 0 Å². The highest BCUT2D eigenvalue weighted by Gasteiger charge is 2.21. The predicted octanol–water partition coefficient (Wildman–Crippen LogP) is 4.04. The van der Waals surface area contributed by atoms with Crippen molar-refractivity contribution in [1.82, 2.24) is 4.57 Å². The van der Waals surface area contributed by atoms with Crippen LogP contribution in [0.2, 0.25) is 0 Å². The molecule has 0 aliphatic carbocycles. The molecule has 0 radical (unpaired) electrons. The van der Waals surface area contributed by atoms with E-state index in [1.165, 1.54) is 11.3 Å². The first-order chi connectivity index (χ1) is 12.2. The fourth-order valence-corrected chi connectivity index (χ4v) is 4.27. The summed E-state index contributed by atoms with van der Waals surface area (Å²) < 4.78 is 8.06. The number of benzene rings is 1. The average Bonchev–Trinajstić information content (AvgIpc) is 3.35. The van der Waals surface area contributed by atoms with E-state index >= 15 is 0 Å². The molecule has 4 rings (SSSR count). The maximum Gasteiger partial charge on any atom is 0.210 e. The van der Waals surface area contributed by atoms with Gasteiger partial charge in [-0.3, -0.25) is 4.57 Å². The summed E-state index contributed by atoms with van der Waals surface area (Å²) in [5.74, 6) is 0.186. The summed E-state index contributed by atoms with van der Waals surface area (Å²) >= 11 is 6.82. The Bertz CT molecular complexity index is 920. The van der Waals surface area contributed by atoms with Crippen LogP contribution in [0.25, 0.3) is 6.08 Å². The Balaban J connectivity index is 1.64. The fraction of sp³-hybridized carbons (Fsp3) is 0.278. The summed E-state index contributed by atoms with van der Waals surface area (Å²) in [5, 5.41) is 18.8.